The maximum absolute atomic E-state index is 14.9. The van der Waals surface area contributed by atoms with Crippen LogP contribution in [0.15, 0.2) is 134 Å². The van der Waals surface area contributed by atoms with Gasteiger partial charge in [-0.05, 0) is 74.2 Å². The number of aromatic nitrogens is 8. The van der Waals surface area contributed by atoms with E-state index in [-0.39, 0.29) is 96.0 Å². The SMILES string of the molecule is CC(=O)c1cc(-c2ncc(F)c(Cl)n2)nn1Cc1ccccc1F.CC(=O)c1cc(-c2ncc(F)c(N3CCC(C(=O)O)(c4ccccc4)CC3)n2)nn1Cc1ccccc1F.O=C(O)C1(c2ccccc2)CCNCC1. The highest BCUT2D eigenvalue weighted by Gasteiger charge is 2.44. The number of rotatable bonds is 13. The number of anilines is 1. The summed E-state index contributed by atoms with van der Waals surface area (Å²) in [6.07, 6.45) is 3.86. The first-order chi connectivity index (χ1) is 37.0. The van der Waals surface area contributed by atoms with E-state index >= 15 is 0 Å². The summed E-state index contributed by atoms with van der Waals surface area (Å²) < 4.78 is 58.8. The van der Waals surface area contributed by atoms with Crippen molar-refractivity contribution < 1.29 is 47.0 Å². The van der Waals surface area contributed by atoms with Crippen molar-refractivity contribution in [3.8, 4) is 23.0 Å². The van der Waals surface area contributed by atoms with Crippen molar-refractivity contribution >= 4 is 40.9 Å². The highest BCUT2D eigenvalue weighted by molar-refractivity contribution is 6.29. The highest BCUT2D eigenvalue weighted by atomic mass is 35.5. The zero-order valence-electron chi connectivity index (χ0n) is 41.7. The standard InChI is InChI=1S/C28H25F2N5O3.C16H11ClF2N4O.C12H15NO2/c1-18(36)24-15-23(33-35(24)17-19-7-5-6-10-21(19)29)25-31-16-22(30)26(32-25)34-13-11-28(12-14-34,27(37)38)20-8-3-2-4-9-20;1-9(24)14-6-13(16-20-7-12(19)15(17)21-16)22-23(14)8-10-4-2-3-5-11(10)18;14-11(15)12(6-8-13-9-7-12)10-4-2-1-3-5-10/h2-10,15-16H,11-14,17H2,1H3,(H,37,38);2-7H,8H2,1H3;1-5,13H,6-9H2,(H,14,15). The van der Waals surface area contributed by atoms with Crippen LogP contribution in [0.1, 0.15) is 82.8 Å². The molecule has 0 bridgehead atoms. The van der Waals surface area contributed by atoms with Crippen molar-refractivity contribution in [1.82, 2.24) is 44.8 Å². The van der Waals surface area contributed by atoms with Crippen LogP contribution in [-0.2, 0) is 33.5 Å². The average molecular weight is 1070 g/mol. The fraction of sp³-hybridized carbons (Fsp3) is 0.250. The smallest absolute Gasteiger partial charge is 0.314 e. The number of carbonyl (C=O) groups excluding carboxylic acids is 2. The Morgan fingerprint density at radius 2 is 0.987 bits per heavy atom. The van der Waals surface area contributed by atoms with Gasteiger partial charge in [-0.3, -0.25) is 28.5 Å². The van der Waals surface area contributed by atoms with Crippen molar-refractivity contribution in [2.24, 2.45) is 0 Å². The van der Waals surface area contributed by atoms with E-state index in [1.165, 1.54) is 47.5 Å². The van der Waals surface area contributed by atoms with Crippen molar-refractivity contribution in [2.45, 2.75) is 63.5 Å². The van der Waals surface area contributed by atoms with Gasteiger partial charge >= 0.3 is 11.9 Å². The lowest BCUT2D eigenvalue weighted by atomic mass is 9.73. The molecule has 6 heterocycles. The number of piperidine rings is 2. The molecule has 0 atom stereocenters. The highest BCUT2D eigenvalue weighted by Crippen LogP contribution is 2.38. The number of nitrogens with zero attached hydrogens (tertiary/aromatic N) is 9. The first kappa shape index (κ1) is 54.8. The van der Waals surface area contributed by atoms with E-state index in [1.807, 2.05) is 48.5 Å². The molecule has 8 aromatic rings. The van der Waals surface area contributed by atoms with Gasteiger partial charge in [-0.2, -0.15) is 10.2 Å². The monoisotopic (exact) mass is 1070 g/mol. The molecule has 0 unspecified atom stereocenters. The number of carbonyl (C=O) groups is 4. The van der Waals surface area contributed by atoms with Crippen molar-refractivity contribution in [3.05, 3.63) is 196 Å². The predicted molar refractivity (Wildman–Crippen MR) is 278 cm³/mol. The van der Waals surface area contributed by atoms with Crippen LogP contribution in [0.3, 0.4) is 0 Å². The number of Topliss-reactive ketones (excluding diaryl/α,β-unsaturated/α-hetero) is 2. The Morgan fingerprint density at radius 1 is 0.571 bits per heavy atom. The van der Waals surface area contributed by atoms with Gasteiger partial charge in [0.15, 0.2) is 45.8 Å². The number of benzene rings is 4. The van der Waals surface area contributed by atoms with Gasteiger partial charge in [0.2, 0.25) is 0 Å². The zero-order chi connectivity index (χ0) is 54.9. The first-order valence-electron chi connectivity index (χ1n) is 24.4. The van der Waals surface area contributed by atoms with E-state index < -0.39 is 46.0 Å². The zero-order valence-corrected chi connectivity index (χ0v) is 42.5. The number of ketones is 2. The minimum absolute atomic E-state index is 0.0263. The maximum Gasteiger partial charge on any atom is 0.314 e. The lowest BCUT2D eigenvalue weighted by molar-refractivity contribution is -0.145. The predicted octanol–water partition coefficient (Wildman–Crippen LogP) is 9.41. The number of halogens is 5. The maximum atomic E-state index is 14.9. The molecule has 2 aliphatic rings. The second-order valence-electron chi connectivity index (χ2n) is 18.4. The second-order valence-corrected chi connectivity index (χ2v) is 18.7. The Kier molecular flexibility index (Phi) is 17.1. The molecule has 2 fully saturated rings. The largest absolute Gasteiger partial charge is 0.481 e. The van der Waals surface area contributed by atoms with Crippen LogP contribution >= 0.6 is 11.6 Å². The van der Waals surface area contributed by atoms with Gasteiger partial charge in [-0.25, -0.2) is 37.5 Å². The molecule has 2 aliphatic heterocycles. The number of carboxylic acids is 2. The number of nitrogens with one attached hydrogen (secondary N) is 1. The molecule has 21 heteroatoms. The molecular formula is C56H51ClF4N10O6. The van der Waals surface area contributed by atoms with E-state index in [1.54, 1.807) is 53.4 Å². The third-order valence-electron chi connectivity index (χ3n) is 13.6. The van der Waals surface area contributed by atoms with Gasteiger partial charge in [0.05, 0.1) is 36.3 Å². The number of hydrogen-bond acceptors (Lipinski definition) is 12. The van der Waals surface area contributed by atoms with Gasteiger partial charge in [-0.15, -0.1) is 0 Å². The third-order valence-corrected chi connectivity index (χ3v) is 13.8. The number of carboxylic acid groups (broad SMARTS) is 2. The summed E-state index contributed by atoms with van der Waals surface area (Å²) in [4.78, 5) is 65.6. The summed E-state index contributed by atoms with van der Waals surface area (Å²) in [5.74, 6) is -4.13. The van der Waals surface area contributed by atoms with Crippen molar-refractivity contribution in [1.29, 1.82) is 0 Å². The molecule has 0 spiro atoms. The van der Waals surface area contributed by atoms with Gasteiger partial charge < -0.3 is 20.4 Å². The molecule has 0 saturated carbocycles. The minimum atomic E-state index is -1.06. The lowest BCUT2D eigenvalue weighted by Crippen LogP contribution is -2.47. The Morgan fingerprint density at radius 3 is 1.42 bits per heavy atom. The van der Waals surface area contributed by atoms with Gasteiger partial charge in [0, 0.05) is 38.1 Å². The molecule has 2 saturated heterocycles. The van der Waals surface area contributed by atoms with Crippen molar-refractivity contribution in [2.75, 3.05) is 31.1 Å². The number of hydrogen-bond donors (Lipinski definition) is 3. The van der Waals surface area contributed by atoms with E-state index in [0.717, 1.165) is 31.0 Å². The van der Waals surface area contributed by atoms with Crippen molar-refractivity contribution in [3.63, 3.8) is 0 Å². The summed E-state index contributed by atoms with van der Waals surface area (Å²) in [7, 11) is 0. The van der Waals surface area contributed by atoms with E-state index in [2.05, 4.69) is 35.5 Å². The quantitative estimate of drug-likeness (QED) is 0.0558. The molecule has 77 heavy (non-hydrogen) atoms. The Bertz CT molecular complexity index is 3420. The normalized spacial score (nSPS) is 14.6. The summed E-state index contributed by atoms with van der Waals surface area (Å²) in [5, 5.41) is 31.0. The van der Waals surface area contributed by atoms with Gasteiger partial charge in [0.25, 0.3) is 0 Å². The van der Waals surface area contributed by atoms with E-state index in [0.29, 0.717) is 29.5 Å². The summed E-state index contributed by atoms with van der Waals surface area (Å²) >= 11 is 5.65. The third kappa shape index (κ3) is 12.3. The van der Waals surface area contributed by atoms with Crippen LogP contribution in [0.4, 0.5) is 23.4 Å². The van der Waals surface area contributed by atoms with E-state index in [9.17, 15) is 47.0 Å². The van der Waals surface area contributed by atoms with Gasteiger partial charge in [0.1, 0.15) is 34.4 Å². The van der Waals surface area contributed by atoms with Gasteiger partial charge in [-0.1, -0.05) is 109 Å². The summed E-state index contributed by atoms with van der Waals surface area (Å²) in [6.45, 7) is 4.95. The molecule has 10 rings (SSSR count). The molecule has 0 radical (unpaired) electrons. The Hall–Kier alpha value is -8.49. The summed E-state index contributed by atoms with van der Waals surface area (Å²) in [5.41, 5.74) is 1.65. The van der Waals surface area contributed by atoms with Crippen LogP contribution < -0.4 is 10.2 Å². The van der Waals surface area contributed by atoms with Crippen LogP contribution in [0.5, 0.6) is 0 Å². The summed E-state index contributed by atoms with van der Waals surface area (Å²) in [6, 6.07) is 34.0. The van der Waals surface area contributed by atoms with Crippen LogP contribution in [0.25, 0.3) is 23.0 Å². The molecule has 0 amide bonds. The van der Waals surface area contributed by atoms with Crippen LogP contribution in [-0.4, -0.2) is 99.4 Å². The first-order valence-corrected chi connectivity index (χ1v) is 24.8. The average Bonchev–Trinajstić information content (AvgIpc) is 4.07. The van der Waals surface area contributed by atoms with Crippen LogP contribution in [0.2, 0.25) is 5.15 Å². The lowest BCUT2D eigenvalue weighted by Gasteiger charge is -2.39. The Balaban J connectivity index is 0.000000170. The molecule has 4 aromatic heterocycles. The molecule has 396 valence electrons. The fourth-order valence-corrected chi connectivity index (χ4v) is 9.46. The molecule has 3 N–H and O–H groups in total. The molecule has 16 nitrogen and oxygen atoms in total. The molecular weight excluding hydrogens is 1020 g/mol. The topological polar surface area (TPSA) is 211 Å². The van der Waals surface area contributed by atoms with Crippen LogP contribution in [0, 0.1) is 23.3 Å². The molecule has 4 aromatic carbocycles. The molecule has 0 aliphatic carbocycles. The fourth-order valence-electron chi connectivity index (χ4n) is 9.33. The second kappa shape index (κ2) is 24.0. The number of aliphatic carboxylic acids is 2. The Labute approximate surface area is 444 Å². The van der Waals surface area contributed by atoms with E-state index in [4.69, 9.17) is 11.6 Å². The minimum Gasteiger partial charge on any atom is -0.481 e.